The quantitative estimate of drug-likeness (QED) is 0.563. The molecule has 1 unspecified atom stereocenters. The Balaban J connectivity index is 0.000000454. The normalized spacial score (nSPS) is 20.0. The third-order valence-electron chi connectivity index (χ3n) is 6.17. The number of carbonyl (C=O) groups is 1. The molecule has 2 N–H and O–H groups in total. The van der Waals surface area contributed by atoms with Crippen LogP contribution in [0.2, 0.25) is 0 Å². The van der Waals surface area contributed by atoms with Crippen LogP contribution < -0.4 is 4.72 Å². The van der Waals surface area contributed by atoms with Crippen molar-refractivity contribution in [1.29, 1.82) is 0 Å². The van der Waals surface area contributed by atoms with Crippen LogP contribution in [0.15, 0.2) is 47.6 Å². The van der Waals surface area contributed by atoms with E-state index in [4.69, 9.17) is 14.6 Å². The summed E-state index contributed by atoms with van der Waals surface area (Å²) in [5, 5.41) is 11.5. The van der Waals surface area contributed by atoms with Gasteiger partial charge in [0.25, 0.3) is 0 Å². The molecule has 2 fully saturated rings. The summed E-state index contributed by atoms with van der Waals surface area (Å²) >= 11 is 0. The predicted molar refractivity (Wildman–Crippen MR) is 125 cm³/mol. The first-order valence-electron chi connectivity index (χ1n) is 11.6. The summed E-state index contributed by atoms with van der Waals surface area (Å²) in [5.41, 5.74) is 1.18. The van der Waals surface area contributed by atoms with Gasteiger partial charge < -0.3 is 9.84 Å². The molecule has 9 nitrogen and oxygen atoms in total. The fourth-order valence-electron chi connectivity index (χ4n) is 4.20. The largest absolute Gasteiger partial charge is 0.490 e. The molecule has 0 amide bonds. The van der Waals surface area contributed by atoms with Gasteiger partial charge in [-0.15, -0.1) is 0 Å². The van der Waals surface area contributed by atoms with E-state index in [9.17, 15) is 21.6 Å². The Hall–Kier alpha value is -2.48. The van der Waals surface area contributed by atoms with Gasteiger partial charge in [0.1, 0.15) is 0 Å². The smallest absolute Gasteiger partial charge is 0.475 e. The van der Waals surface area contributed by atoms with Crippen LogP contribution in [0.25, 0.3) is 0 Å². The number of aliphatic carboxylic acids is 1. The number of carboxylic acids is 1. The second-order valence-corrected chi connectivity index (χ2v) is 11.1. The van der Waals surface area contributed by atoms with Crippen molar-refractivity contribution in [1.82, 2.24) is 19.4 Å². The summed E-state index contributed by atoms with van der Waals surface area (Å²) < 4.78 is 67.2. The third kappa shape index (κ3) is 7.51. The lowest BCUT2D eigenvalue weighted by Crippen LogP contribution is -2.58. The lowest BCUT2D eigenvalue weighted by molar-refractivity contribution is -0.222. The number of likely N-dealkylation sites (tertiary alicyclic amines) is 1. The van der Waals surface area contributed by atoms with Crippen LogP contribution in [0.4, 0.5) is 13.2 Å². The van der Waals surface area contributed by atoms with E-state index >= 15 is 0 Å². The lowest BCUT2D eigenvalue weighted by atomic mass is 9.80. The van der Waals surface area contributed by atoms with Crippen molar-refractivity contribution in [2.24, 2.45) is 0 Å². The number of hydrogen-bond donors (Lipinski definition) is 2. The maximum absolute atomic E-state index is 12.3. The number of ether oxygens (including phenoxy) is 1. The van der Waals surface area contributed by atoms with Gasteiger partial charge in [-0.2, -0.15) is 18.3 Å². The monoisotopic (exact) mass is 532 g/mol. The molecule has 13 heteroatoms. The van der Waals surface area contributed by atoms with Gasteiger partial charge in [0, 0.05) is 50.4 Å². The molecule has 0 bridgehead atoms. The number of aromatic nitrogens is 2. The SMILES string of the molecule is CC(C)n1cc(CN2CCC3(CC2)CC(CNS(=O)(=O)c2ccccc2)O3)cn1.O=C(O)C(F)(F)F. The maximum atomic E-state index is 12.3. The van der Waals surface area contributed by atoms with Gasteiger partial charge in [-0.1, -0.05) is 18.2 Å². The minimum absolute atomic E-state index is 0.0377. The Labute approximate surface area is 208 Å². The first-order chi connectivity index (χ1) is 16.8. The molecule has 1 aromatic carbocycles. The van der Waals surface area contributed by atoms with E-state index in [2.05, 4.69) is 34.8 Å². The van der Waals surface area contributed by atoms with E-state index < -0.39 is 22.2 Å². The molecule has 1 atom stereocenters. The van der Waals surface area contributed by atoms with Crippen molar-refractivity contribution < 1.29 is 36.2 Å². The van der Waals surface area contributed by atoms with Crippen LogP contribution in [0.1, 0.15) is 44.7 Å². The van der Waals surface area contributed by atoms with Crippen molar-refractivity contribution in [2.75, 3.05) is 19.6 Å². The van der Waals surface area contributed by atoms with Crippen molar-refractivity contribution >= 4 is 16.0 Å². The van der Waals surface area contributed by atoms with E-state index in [-0.39, 0.29) is 11.7 Å². The number of piperidine rings is 1. The Morgan fingerprint density at radius 1 is 1.25 bits per heavy atom. The van der Waals surface area contributed by atoms with Crippen LogP contribution in [0.3, 0.4) is 0 Å². The molecule has 4 rings (SSSR count). The highest BCUT2D eigenvalue weighted by molar-refractivity contribution is 7.89. The topological polar surface area (TPSA) is 114 Å². The highest BCUT2D eigenvalue weighted by Gasteiger charge is 2.47. The second kappa shape index (κ2) is 11.3. The minimum atomic E-state index is -5.08. The molecule has 3 heterocycles. The zero-order chi connectivity index (χ0) is 26.6. The lowest BCUT2D eigenvalue weighted by Gasteiger charge is -2.52. The number of nitrogens with one attached hydrogen (secondary N) is 1. The van der Waals surface area contributed by atoms with Gasteiger partial charge in [-0.25, -0.2) is 17.9 Å². The highest BCUT2D eigenvalue weighted by atomic mass is 32.2. The Morgan fingerprint density at radius 3 is 2.33 bits per heavy atom. The van der Waals surface area contributed by atoms with Gasteiger partial charge >= 0.3 is 12.1 Å². The second-order valence-electron chi connectivity index (χ2n) is 9.29. The molecular formula is C23H31F3N4O5S. The first-order valence-corrected chi connectivity index (χ1v) is 13.1. The number of carboxylic acid groups (broad SMARTS) is 1. The Kier molecular flexibility index (Phi) is 8.80. The summed E-state index contributed by atoms with van der Waals surface area (Å²) in [6.45, 7) is 7.50. The van der Waals surface area contributed by atoms with Gasteiger partial charge in [0.15, 0.2) is 0 Å². The Bertz CT molecular complexity index is 1110. The van der Waals surface area contributed by atoms with Crippen LogP contribution in [0.5, 0.6) is 0 Å². The molecule has 0 radical (unpaired) electrons. The molecule has 1 spiro atoms. The third-order valence-corrected chi connectivity index (χ3v) is 7.61. The fraction of sp³-hybridized carbons (Fsp3) is 0.565. The molecule has 2 aromatic rings. The predicted octanol–water partition coefficient (Wildman–Crippen LogP) is 3.20. The summed E-state index contributed by atoms with van der Waals surface area (Å²) in [6.07, 6.45) is 1.87. The van der Waals surface area contributed by atoms with Crippen molar-refractivity contribution in [3.8, 4) is 0 Å². The van der Waals surface area contributed by atoms with E-state index in [0.29, 0.717) is 17.5 Å². The van der Waals surface area contributed by atoms with Gasteiger partial charge in [0.2, 0.25) is 10.0 Å². The average Bonchev–Trinajstić information content (AvgIpc) is 3.27. The van der Waals surface area contributed by atoms with Crippen LogP contribution >= 0.6 is 0 Å². The van der Waals surface area contributed by atoms with Crippen LogP contribution in [-0.2, 0) is 26.1 Å². The zero-order valence-corrected chi connectivity index (χ0v) is 20.9. The summed E-state index contributed by atoms with van der Waals surface area (Å²) in [7, 11) is -3.47. The summed E-state index contributed by atoms with van der Waals surface area (Å²) in [4.78, 5) is 11.6. The molecule has 0 saturated carbocycles. The zero-order valence-electron chi connectivity index (χ0n) is 20.1. The summed E-state index contributed by atoms with van der Waals surface area (Å²) in [5.74, 6) is -2.76. The van der Waals surface area contributed by atoms with Gasteiger partial charge in [-0.3, -0.25) is 9.58 Å². The van der Waals surface area contributed by atoms with E-state index in [1.165, 1.54) is 5.56 Å². The van der Waals surface area contributed by atoms with Gasteiger partial charge in [-0.05, 0) is 38.8 Å². The van der Waals surface area contributed by atoms with Crippen molar-refractivity contribution in [3.63, 3.8) is 0 Å². The Morgan fingerprint density at radius 2 is 1.83 bits per heavy atom. The molecule has 200 valence electrons. The molecule has 2 aliphatic rings. The first kappa shape index (κ1) is 28.1. The van der Waals surface area contributed by atoms with E-state index in [1.807, 2.05) is 10.9 Å². The number of sulfonamides is 1. The summed E-state index contributed by atoms with van der Waals surface area (Å²) in [6, 6.07) is 8.85. The van der Waals surface area contributed by atoms with E-state index in [1.54, 1.807) is 30.3 Å². The number of benzene rings is 1. The molecule has 2 saturated heterocycles. The standard InChI is InChI=1S/C21H30N4O3S.C2HF3O2/c1-17(2)25-16-18(13-22-25)15-24-10-8-21(9-11-24)12-19(28-21)14-23-29(26,27)20-6-4-3-5-7-20;3-2(4,5)1(6)7/h3-7,13,16-17,19,23H,8-12,14-15H2,1-2H3;(H,6,7). The molecular weight excluding hydrogens is 501 g/mol. The van der Waals surface area contributed by atoms with Gasteiger partial charge in [0.05, 0.1) is 22.8 Å². The van der Waals surface area contributed by atoms with Crippen LogP contribution in [0, 0.1) is 0 Å². The average molecular weight is 533 g/mol. The number of nitrogens with zero attached hydrogens (tertiary/aromatic N) is 3. The van der Waals surface area contributed by atoms with Crippen molar-refractivity contribution in [3.05, 3.63) is 48.3 Å². The minimum Gasteiger partial charge on any atom is -0.475 e. The number of halogens is 3. The number of hydrogen-bond acceptors (Lipinski definition) is 6. The van der Waals surface area contributed by atoms with E-state index in [0.717, 1.165) is 38.9 Å². The molecule has 1 aromatic heterocycles. The van der Waals surface area contributed by atoms with Crippen molar-refractivity contribution in [2.45, 2.75) is 68.5 Å². The maximum Gasteiger partial charge on any atom is 0.490 e. The number of alkyl halides is 3. The van der Waals surface area contributed by atoms with Crippen LogP contribution in [-0.4, -0.2) is 71.7 Å². The highest BCUT2D eigenvalue weighted by Crippen LogP contribution is 2.41. The molecule has 36 heavy (non-hydrogen) atoms. The fourth-order valence-corrected chi connectivity index (χ4v) is 5.29. The molecule has 0 aliphatic carbocycles. The number of rotatable bonds is 7. The molecule has 2 aliphatic heterocycles.